The van der Waals surface area contributed by atoms with Crippen molar-refractivity contribution in [2.45, 2.75) is 18.9 Å². The Morgan fingerprint density at radius 3 is 2.63 bits per heavy atom. The molecule has 1 aromatic rings. The van der Waals surface area contributed by atoms with Crippen LogP contribution < -0.4 is 11.1 Å². The van der Waals surface area contributed by atoms with Crippen molar-refractivity contribution in [3.05, 3.63) is 35.9 Å². The van der Waals surface area contributed by atoms with E-state index < -0.39 is 5.91 Å². The molecule has 0 aliphatic carbocycles. The van der Waals surface area contributed by atoms with E-state index in [1.165, 1.54) is 0 Å². The summed E-state index contributed by atoms with van der Waals surface area (Å²) in [4.78, 5) is 25.1. The molecular formula is C14H19N3O2. The Hall–Kier alpha value is -1.88. The lowest BCUT2D eigenvalue weighted by Crippen LogP contribution is -2.46. The third-order valence-corrected chi connectivity index (χ3v) is 3.32. The van der Waals surface area contributed by atoms with E-state index in [2.05, 4.69) is 5.32 Å². The molecule has 0 saturated carbocycles. The van der Waals surface area contributed by atoms with Crippen molar-refractivity contribution >= 4 is 11.8 Å². The van der Waals surface area contributed by atoms with Crippen molar-refractivity contribution in [3.63, 3.8) is 0 Å². The first kappa shape index (κ1) is 13.5. The topological polar surface area (TPSA) is 75.4 Å². The summed E-state index contributed by atoms with van der Waals surface area (Å²) in [5.41, 5.74) is 6.19. The van der Waals surface area contributed by atoms with E-state index in [9.17, 15) is 9.59 Å². The summed E-state index contributed by atoms with van der Waals surface area (Å²) in [7, 11) is 0. The molecule has 5 nitrogen and oxygen atoms in total. The smallest absolute Gasteiger partial charge is 0.237 e. The molecule has 2 rings (SSSR count). The molecule has 1 aliphatic heterocycles. The van der Waals surface area contributed by atoms with Crippen LogP contribution in [-0.4, -0.2) is 42.4 Å². The zero-order valence-corrected chi connectivity index (χ0v) is 10.8. The van der Waals surface area contributed by atoms with Gasteiger partial charge in [-0.05, 0) is 18.5 Å². The Bertz CT molecular complexity index is 441. The molecule has 5 heteroatoms. The van der Waals surface area contributed by atoms with Crippen molar-refractivity contribution in [2.75, 3.05) is 19.6 Å². The summed E-state index contributed by atoms with van der Waals surface area (Å²) in [5.74, 6) is -0.507. The highest BCUT2D eigenvalue weighted by molar-refractivity contribution is 5.85. The van der Waals surface area contributed by atoms with Gasteiger partial charge < -0.3 is 16.0 Å². The molecule has 1 saturated heterocycles. The van der Waals surface area contributed by atoms with Gasteiger partial charge in [0.05, 0.1) is 13.0 Å². The van der Waals surface area contributed by atoms with Crippen LogP contribution in [0.4, 0.5) is 0 Å². The van der Waals surface area contributed by atoms with Gasteiger partial charge in [0.15, 0.2) is 0 Å². The molecule has 0 aromatic heterocycles. The third-order valence-electron chi connectivity index (χ3n) is 3.32. The Morgan fingerprint density at radius 2 is 2.05 bits per heavy atom. The van der Waals surface area contributed by atoms with Crippen LogP contribution in [0.25, 0.3) is 0 Å². The molecule has 19 heavy (non-hydrogen) atoms. The Labute approximate surface area is 112 Å². The summed E-state index contributed by atoms with van der Waals surface area (Å²) in [6.45, 7) is 1.60. The summed E-state index contributed by atoms with van der Waals surface area (Å²) in [6, 6.07) is 9.61. The third kappa shape index (κ3) is 3.79. The summed E-state index contributed by atoms with van der Waals surface area (Å²) in [6.07, 6.45) is 1.18. The fourth-order valence-corrected chi connectivity index (χ4v) is 2.37. The van der Waals surface area contributed by atoms with Gasteiger partial charge in [-0.25, -0.2) is 0 Å². The molecule has 1 atom stereocenters. The molecule has 0 bridgehead atoms. The fourth-order valence-electron chi connectivity index (χ4n) is 2.37. The van der Waals surface area contributed by atoms with Crippen molar-refractivity contribution in [1.29, 1.82) is 0 Å². The molecule has 0 spiro atoms. The molecular weight excluding hydrogens is 242 g/mol. The molecule has 2 amide bonds. The molecule has 1 unspecified atom stereocenters. The van der Waals surface area contributed by atoms with Gasteiger partial charge in [0.2, 0.25) is 11.8 Å². The van der Waals surface area contributed by atoms with Gasteiger partial charge in [0.25, 0.3) is 0 Å². The molecule has 1 aromatic carbocycles. The zero-order valence-electron chi connectivity index (χ0n) is 10.8. The Balaban J connectivity index is 2.04. The van der Waals surface area contributed by atoms with Gasteiger partial charge >= 0.3 is 0 Å². The van der Waals surface area contributed by atoms with E-state index in [1.54, 1.807) is 4.90 Å². The summed E-state index contributed by atoms with van der Waals surface area (Å²) >= 11 is 0. The minimum atomic E-state index is -0.465. The second-order valence-electron chi connectivity index (χ2n) is 4.80. The average molecular weight is 261 g/mol. The number of nitrogens with zero attached hydrogens (tertiary/aromatic N) is 1. The Morgan fingerprint density at radius 1 is 1.32 bits per heavy atom. The molecule has 1 heterocycles. The predicted molar refractivity (Wildman–Crippen MR) is 72.3 cm³/mol. The SMILES string of the molecule is NC(=O)CN(C(=O)Cc1ccccc1)C1CCNC1. The highest BCUT2D eigenvalue weighted by Gasteiger charge is 2.27. The standard InChI is InChI=1S/C14H19N3O2/c15-13(18)10-17(12-6-7-16-9-12)14(19)8-11-4-2-1-3-5-11/h1-5,12,16H,6-10H2,(H2,15,18). The first-order valence-electron chi connectivity index (χ1n) is 6.49. The van der Waals surface area contributed by atoms with Crippen LogP contribution in [0.1, 0.15) is 12.0 Å². The van der Waals surface area contributed by atoms with Crippen molar-refractivity contribution in [3.8, 4) is 0 Å². The monoisotopic (exact) mass is 261 g/mol. The maximum Gasteiger partial charge on any atom is 0.237 e. The lowest BCUT2D eigenvalue weighted by Gasteiger charge is -2.27. The number of rotatable bonds is 5. The summed E-state index contributed by atoms with van der Waals surface area (Å²) in [5, 5.41) is 3.20. The second-order valence-corrected chi connectivity index (χ2v) is 4.80. The van der Waals surface area contributed by atoms with Crippen LogP contribution in [0.2, 0.25) is 0 Å². The number of nitrogens with two attached hydrogens (primary N) is 1. The van der Waals surface area contributed by atoms with Gasteiger partial charge in [-0.2, -0.15) is 0 Å². The number of hydrogen-bond donors (Lipinski definition) is 2. The van der Waals surface area contributed by atoms with Gasteiger partial charge in [0, 0.05) is 12.6 Å². The van der Waals surface area contributed by atoms with E-state index in [0.29, 0.717) is 6.42 Å². The number of carbonyl (C=O) groups is 2. The lowest BCUT2D eigenvalue weighted by molar-refractivity contribution is -0.136. The van der Waals surface area contributed by atoms with Gasteiger partial charge in [-0.3, -0.25) is 9.59 Å². The maximum absolute atomic E-state index is 12.3. The van der Waals surface area contributed by atoms with Crippen molar-refractivity contribution in [2.24, 2.45) is 5.73 Å². The van der Waals surface area contributed by atoms with E-state index in [-0.39, 0.29) is 18.5 Å². The molecule has 0 radical (unpaired) electrons. The average Bonchev–Trinajstić information content (AvgIpc) is 2.90. The largest absolute Gasteiger partial charge is 0.368 e. The number of amides is 2. The molecule has 3 N–H and O–H groups in total. The molecule has 1 aliphatic rings. The summed E-state index contributed by atoms with van der Waals surface area (Å²) < 4.78 is 0. The van der Waals surface area contributed by atoms with Gasteiger partial charge in [0.1, 0.15) is 0 Å². The zero-order chi connectivity index (χ0) is 13.7. The van der Waals surface area contributed by atoms with Gasteiger partial charge in [-0.1, -0.05) is 30.3 Å². The second kappa shape index (κ2) is 6.33. The van der Waals surface area contributed by atoms with Crippen LogP contribution in [0.3, 0.4) is 0 Å². The maximum atomic E-state index is 12.3. The highest BCUT2D eigenvalue weighted by Crippen LogP contribution is 2.11. The molecule has 1 fully saturated rings. The van der Waals surface area contributed by atoms with E-state index >= 15 is 0 Å². The predicted octanol–water partition coefficient (Wildman–Crippen LogP) is -0.0951. The van der Waals surface area contributed by atoms with Crippen LogP contribution >= 0.6 is 0 Å². The van der Waals surface area contributed by atoms with Crippen LogP contribution in [0.5, 0.6) is 0 Å². The van der Waals surface area contributed by atoms with Gasteiger partial charge in [-0.15, -0.1) is 0 Å². The van der Waals surface area contributed by atoms with Crippen LogP contribution in [0, 0.1) is 0 Å². The number of carbonyl (C=O) groups excluding carboxylic acids is 2. The first-order valence-corrected chi connectivity index (χ1v) is 6.49. The Kier molecular flexibility index (Phi) is 4.52. The van der Waals surface area contributed by atoms with E-state index in [4.69, 9.17) is 5.73 Å². The number of primary amides is 1. The minimum Gasteiger partial charge on any atom is -0.368 e. The van der Waals surface area contributed by atoms with Crippen LogP contribution in [-0.2, 0) is 16.0 Å². The van der Waals surface area contributed by atoms with E-state index in [1.807, 2.05) is 30.3 Å². The minimum absolute atomic E-state index is 0.00197. The number of hydrogen-bond acceptors (Lipinski definition) is 3. The fraction of sp³-hybridized carbons (Fsp3) is 0.429. The number of benzene rings is 1. The van der Waals surface area contributed by atoms with Crippen molar-refractivity contribution in [1.82, 2.24) is 10.2 Å². The highest BCUT2D eigenvalue weighted by atomic mass is 16.2. The van der Waals surface area contributed by atoms with E-state index in [0.717, 1.165) is 25.1 Å². The van der Waals surface area contributed by atoms with Crippen molar-refractivity contribution < 1.29 is 9.59 Å². The molecule has 102 valence electrons. The van der Waals surface area contributed by atoms with Crippen LogP contribution in [0.15, 0.2) is 30.3 Å². The normalized spacial score (nSPS) is 18.2. The quantitative estimate of drug-likeness (QED) is 0.777. The lowest BCUT2D eigenvalue weighted by atomic mass is 10.1. The number of nitrogens with one attached hydrogen (secondary N) is 1. The first-order chi connectivity index (χ1) is 9.16.